The van der Waals surface area contributed by atoms with E-state index in [0.717, 1.165) is 0 Å². The molecule has 0 spiro atoms. The molecule has 2 rings (SSSR count). The SMILES string of the molecule is CCN(CC)S(=O)(=O)c1ccc(C(C)NC(=O)c2ccc(C(=O)O)o2)cc1. The van der Waals surface area contributed by atoms with Gasteiger partial charge in [0, 0.05) is 13.1 Å². The summed E-state index contributed by atoms with van der Waals surface area (Å²) in [5, 5.41) is 11.5. The number of amides is 1. The van der Waals surface area contributed by atoms with E-state index in [1.807, 2.05) is 0 Å². The van der Waals surface area contributed by atoms with Crippen LogP contribution in [0.4, 0.5) is 0 Å². The molecule has 0 fully saturated rings. The minimum absolute atomic E-state index is 0.111. The van der Waals surface area contributed by atoms with Gasteiger partial charge < -0.3 is 14.8 Å². The zero-order chi connectivity index (χ0) is 20.2. The van der Waals surface area contributed by atoms with E-state index in [2.05, 4.69) is 5.32 Å². The number of carbonyl (C=O) groups excluding carboxylic acids is 1. The van der Waals surface area contributed by atoms with Crippen LogP contribution in [0.15, 0.2) is 45.7 Å². The highest BCUT2D eigenvalue weighted by Gasteiger charge is 2.22. The lowest BCUT2D eigenvalue weighted by atomic mass is 10.1. The second-order valence-electron chi connectivity index (χ2n) is 5.82. The Morgan fingerprint density at radius 1 is 1.07 bits per heavy atom. The maximum Gasteiger partial charge on any atom is 0.371 e. The topological polar surface area (TPSA) is 117 Å². The summed E-state index contributed by atoms with van der Waals surface area (Å²) < 4.78 is 31.3. The first kappa shape index (κ1) is 20.7. The Labute approximate surface area is 157 Å². The van der Waals surface area contributed by atoms with Gasteiger partial charge in [-0.15, -0.1) is 0 Å². The molecule has 9 heteroatoms. The van der Waals surface area contributed by atoms with Crippen molar-refractivity contribution in [3.05, 3.63) is 53.5 Å². The van der Waals surface area contributed by atoms with Crippen LogP contribution < -0.4 is 5.32 Å². The Morgan fingerprint density at radius 2 is 1.63 bits per heavy atom. The van der Waals surface area contributed by atoms with Gasteiger partial charge in [-0.05, 0) is 36.8 Å². The maximum atomic E-state index is 12.5. The number of benzene rings is 1. The lowest BCUT2D eigenvalue weighted by Crippen LogP contribution is -2.30. The zero-order valence-electron chi connectivity index (χ0n) is 15.3. The predicted octanol–water partition coefficient (Wildman–Crippen LogP) is 2.50. The van der Waals surface area contributed by atoms with Crippen LogP contribution in [0, 0.1) is 0 Å². The quantitative estimate of drug-likeness (QED) is 0.710. The number of aromatic carboxylic acids is 1. The second kappa shape index (κ2) is 8.36. The molecule has 2 aromatic rings. The van der Waals surface area contributed by atoms with Crippen LogP contribution in [-0.2, 0) is 10.0 Å². The number of carboxylic acids is 1. The molecule has 8 nitrogen and oxygen atoms in total. The molecule has 0 saturated heterocycles. The van der Waals surface area contributed by atoms with E-state index in [9.17, 15) is 18.0 Å². The van der Waals surface area contributed by atoms with E-state index < -0.39 is 27.9 Å². The Balaban J connectivity index is 2.12. The van der Waals surface area contributed by atoms with Gasteiger partial charge in [-0.1, -0.05) is 26.0 Å². The van der Waals surface area contributed by atoms with E-state index in [-0.39, 0.29) is 16.4 Å². The maximum absolute atomic E-state index is 12.5. The molecule has 0 bridgehead atoms. The summed E-state index contributed by atoms with van der Waals surface area (Å²) in [7, 11) is -3.54. The van der Waals surface area contributed by atoms with Crippen molar-refractivity contribution in [1.29, 1.82) is 0 Å². The summed E-state index contributed by atoms with van der Waals surface area (Å²) in [6.07, 6.45) is 0. The molecule has 2 N–H and O–H groups in total. The van der Waals surface area contributed by atoms with Gasteiger partial charge in [-0.3, -0.25) is 4.79 Å². The van der Waals surface area contributed by atoms with Crippen LogP contribution in [-0.4, -0.2) is 42.8 Å². The molecule has 0 radical (unpaired) electrons. The monoisotopic (exact) mass is 394 g/mol. The first-order chi connectivity index (χ1) is 12.7. The van der Waals surface area contributed by atoms with Crippen molar-refractivity contribution >= 4 is 21.9 Å². The van der Waals surface area contributed by atoms with Crippen molar-refractivity contribution in [1.82, 2.24) is 9.62 Å². The van der Waals surface area contributed by atoms with Gasteiger partial charge in [0.1, 0.15) is 0 Å². The van der Waals surface area contributed by atoms with E-state index in [1.165, 1.54) is 28.6 Å². The molecule has 0 aliphatic heterocycles. The summed E-state index contributed by atoms with van der Waals surface area (Å²) in [5.74, 6) is -2.25. The highest BCUT2D eigenvalue weighted by molar-refractivity contribution is 7.89. The lowest BCUT2D eigenvalue weighted by molar-refractivity contribution is 0.0659. The van der Waals surface area contributed by atoms with Gasteiger partial charge in [-0.25, -0.2) is 13.2 Å². The van der Waals surface area contributed by atoms with Gasteiger partial charge in [0.05, 0.1) is 10.9 Å². The molecular formula is C18H22N2O6S. The fourth-order valence-electron chi connectivity index (χ4n) is 2.57. The van der Waals surface area contributed by atoms with Gasteiger partial charge in [0.25, 0.3) is 5.91 Å². The molecule has 0 aliphatic carbocycles. The standard InChI is InChI=1S/C18H22N2O6S/c1-4-20(5-2)27(24,25)14-8-6-13(7-9-14)12(3)19-17(21)15-10-11-16(26-15)18(22)23/h6-12H,4-5H2,1-3H3,(H,19,21)(H,22,23). The third kappa shape index (κ3) is 4.55. The van der Waals surface area contributed by atoms with Gasteiger partial charge in [-0.2, -0.15) is 4.31 Å². The fourth-order valence-corrected chi connectivity index (χ4v) is 4.03. The Bertz CT molecular complexity index is 914. The molecule has 1 unspecified atom stereocenters. The largest absolute Gasteiger partial charge is 0.475 e. The fraction of sp³-hybridized carbons (Fsp3) is 0.333. The summed E-state index contributed by atoms with van der Waals surface area (Å²) in [5.41, 5.74) is 0.701. The average Bonchev–Trinajstić information content (AvgIpc) is 3.13. The molecule has 1 aromatic heterocycles. The highest BCUT2D eigenvalue weighted by Crippen LogP contribution is 2.20. The van der Waals surface area contributed by atoms with E-state index in [1.54, 1.807) is 32.9 Å². The number of carboxylic acid groups (broad SMARTS) is 1. The number of carbonyl (C=O) groups is 2. The number of hydrogen-bond acceptors (Lipinski definition) is 5. The summed E-state index contributed by atoms with van der Waals surface area (Å²) in [6.45, 7) is 6.05. The first-order valence-corrected chi connectivity index (χ1v) is 9.88. The zero-order valence-corrected chi connectivity index (χ0v) is 16.1. The van der Waals surface area contributed by atoms with Crippen LogP contribution in [0.2, 0.25) is 0 Å². The van der Waals surface area contributed by atoms with E-state index in [4.69, 9.17) is 9.52 Å². The molecule has 1 aromatic carbocycles. The number of nitrogens with zero attached hydrogens (tertiary/aromatic N) is 1. The minimum Gasteiger partial charge on any atom is -0.475 e. The number of furan rings is 1. The Hall–Kier alpha value is -2.65. The Morgan fingerprint density at radius 3 is 2.11 bits per heavy atom. The van der Waals surface area contributed by atoms with Crippen molar-refractivity contribution in [2.24, 2.45) is 0 Å². The number of rotatable bonds is 8. The number of sulfonamides is 1. The molecule has 146 valence electrons. The molecule has 0 saturated carbocycles. The highest BCUT2D eigenvalue weighted by atomic mass is 32.2. The van der Waals surface area contributed by atoms with Crippen molar-refractivity contribution in [3.8, 4) is 0 Å². The third-order valence-corrected chi connectivity index (χ3v) is 6.18. The molecular weight excluding hydrogens is 372 g/mol. The predicted molar refractivity (Wildman–Crippen MR) is 98.1 cm³/mol. The van der Waals surface area contributed by atoms with E-state index >= 15 is 0 Å². The lowest BCUT2D eigenvalue weighted by Gasteiger charge is -2.19. The Kier molecular flexibility index (Phi) is 6.40. The van der Waals surface area contributed by atoms with Crippen LogP contribution in [0.3, 0.4) is 0 Å². The van der Waals surface area contributed by atoms with Gasteiger partial charge >= 0.3 is 5.97 Å². The normalized spacial score (nSPS) is 12.7. The van der Waals surface area contributed by atoms with Gasteiger partial charge in [0.2, 0.25) is 15.8 Å². The van der Waals surface area contributed by atoms with Crippen molar-refractivity contribution in [2.45, 2.75) is 31.7 Å². The van der Waals surface area contributed by atoms with Crippen molar-refractivity contribution in [2.75, 3.05) is 13.1 Å². The molecule has 1 atom stereocenters. The van der Waals surface area contributed by atoms with Gasteiger partial charge in [0.15, 0.2) is 5.76 Å². The molecule has 1 heterocycles. The van der Waals surface area contributed by atoms with Crippen LogP contribution in [0.5, 0.6) is 0 Å². The smallest absolute Gasteiger partial charge is 0.371 e. The van der Waals surface area contributed by atoms with Crippen molar-refractivity contribution < 1.29 is 27.5 Å². The van der Waals surface area contributed by atoms with Crippen molar-refractivity contribution in [3.63, 3.8) is 0 Å². The van der Waals surface area contributed by atoms with E-state index in [0.29, 0.717) is 18.7 Å². The van der Waals surface area contributed by atoms with Crippen LogP contribution in [0.1, 0.15) is 53.5 Å². The second-order valence-corrected chi connectivity index (χ2v) is 7.76. The average molecular weight is 394 g/mol. The molecule has 27 heavy (non-hydrogen) atoms. The minimum atomic E-state index is -3.54. The number of hydrogen-bond donors (Lipinski definition) is 2. The molecule has 1 amide bonds. The summed E-state index contributed by atoms with van der Waals surface area (Å²) >= 11 is 0. The first-order valence-electron chi connectivity index (χ1n) is 8.44. The third-order valence-electron chi connectivity index (χ3n) is 4.11. The van der Waals surface area contributed by atoms with Crippen LogP contribution in [0.25, 0.3) is 0 Å². The summed E-state index contributed by atoms with van der Waals surface area (Å²) in [4.78, 5) is 23.1. The van der Waals surface area contributed by atoms with Crippen LogP contribution >= 0.6 is 0 Å². The summed E-state index contributed by atoms with van der Waals surface area (Å²) in [6, 6.07) is 8.32. The number of nitrogens with one attached hydrogen (secondary N) is 1. The molecule has 0 aliphatic rings.